The highest BCUT2D eigenvalue weighted by atomic mass is 16.2. The van der Waals surface area contributed by atoms with Crippen molar-refractivity contribution in [3.05, 3.63) is 29.6 Å². The largest absolute Gasteiger partial charge is 0.342 e. The summed E-state index contributed by atoms with van der Waals surface area (Å²) in [4.78, 5) is 23.0. The van der Waals surface area contributed by atoms with Crippen molar-refractivity contribution in [2.24, 2.45) is 5.92 Å². The summed E-state index contributed by atoms with van der Waals surface area (Å²) in [6, 6.07) is 6.32. The highest BCUT2D eigenvalue weighted by molar-refractivity contribution is 5.79. The molecule has 0 radical (unpaired) electrons. The van der Waals surface area contributed by atoms with Gasteiger partial charge in [-0.05, 0) is 43.9 Å². The van der Waals surface area contributed by atoms with Gasteiger partial charge in [-0.3, -0.25) is 4.79 Å². The maximum atomic E-state index is 12.7. The number of nitrogens with one attached hydrogen (secondary N) is 1. The van der Waals surface area contributed by atoms with Gasteiger partial charge in [0.1, 0.15) is 5.82 Å². The van der Waals surface area contributed by atoms with Crippen molar-refractivity contribution in [1.29, 1.82) is 0 Å². The zero-order chi connectivity index (χ0) is 15.8. The summed E-state index contributed by atoms with van der Waals surface area (Å²) in [5, 5.41) is 0. The van der Waals surface area contributed by atoms with Gasteiger partial charge in [0.2, 0.25) is 5.91 Å². The smallest absolute Gasteiger partial charge is 0.225 e. The Morgan fingerprint density at radius 1 is 1.22 bits per heavy atom. The van der Waals surface area contributed by atoms with E-state index in [4.69, 9.17) is 4.98 Å². The minimum atomic E-state index is 0.279. The van der Waals surface area contributed by atoms with E-state index < -0.39 is 0 Å². The highest BCUT2D eigenvalue weighted by Crippen LogP contribution is 2.31. The fraction of sp³-hybridized carbons (Fsp3) is 0.579. The lowest BCUT2D eigenvalue weighted by molar-refractivity contribution is -0.135. The third-order valence-electron chi connectivity index (χ3n) is 5.50. The van der Waals surface area contributed by atoms with Gasteiger partial charge in [0, 0.05) is 24.9 Å². The lowest BCUT2D eigenvalue weighted by Gasteiger charge is -2.26. The lowest BCUT2D eigenvalue weighted by Crippen LogP contribution is -2.35. The van der Waals surface area contributed by atoms with E-state index >= 15 is 0 Å². The maximum absolute atomic E-state index is 12.7. The average Bonchev–Trinajstić information content (AvgIpc) is 3.21. The van der Waals surface area contributed by atoms with Crippen molar-refractivity contribution in [1.82, 2.24) is 14.9 Å². The van der Waals surface area contributed by atoms with Crippen molar-refractivity contribution < 1.29 is 4.79 Å². The standard InChI is InChI=1S/C19H25N3O/c1-13-7-8-16-17(11-13)21-18(20-16)15-9-10-22(12-15)19(23)14-5-3-2-4-6-14/h7-8,11,14-15H,2-6,9-10,12H2,1H3,(H,20,21). The number of aryl methyl sites for hydroxylation is 1. The number of amides is 1. The van der Waals surface area contributed by atoms with Gasteiger partial charge < -0.3 is 9.88 Å². The van der Waals surface area contributed by atoms with E-state index in [1.807, 2.05) is 0 Å². The number of likely N-dealkylation sites (tertiary alicyclic amines) is 1. The van der Waals surface area contributed by atoms with E-state index in [-0.39, 0.29) is 5.92 Å². The van der Waals surface area contributed by atoms with E-state index in [0.29, 0.717) is 11.8 Å². The fourth-order valence-electron chi connectivity index (χ4n) is 4.13. The maximum Gasteiger partial charge on any atom is 0.225 e. The summed E-state index contributed by atoms with van der Waals surface area (Å²) < 4.78 is 0. The Hall–Kier alpha value is -1.84. The molecule has 1 unspecified atom stereocenters. The van der Waals surface area contributed by atoms with Gasteiger partial charge in [-0.25, -0.2) is 4.98 Å². The monoisotopic (exact) mass is 311 g/mol. The molecule has 1 N–H and O–H groups in total. The molecular weight excluding hydrogens is 286 g/mol. The number of imidazole rings is 1. The molecule has 1 aliphatic carbocycles. The number of rotatable bonds is 2. The van der Waals surface area contributed by atoms with Gasteiger partial charge in [0.25, 0.3) is 0 Å². The first-order valence-corrected chi connectivity index (χ1v) is 8.96. The molecule has 122 valence electrons. The van der Waals surface area contributed by atoms with Gasteiger partial charge in [0.15, 0.2) is 0 Å². The van der Waals surface area contributed by atoms with Crippen molar-refractivity contribution in [2.45, 2.75) is 51.4 Å². The van der Waals surface area contributed by atoms with Crippen LogP contribution >= 0.6 is 0 Å². The molecule has 2 heterocycles. The second kappa shape index (κ2) is 5.99. The molecule has 23 heavy (non-hydrogen) atoms. The first-order valence-electron chi connectivity index (χ1n) is 8.96. The Morgan fingerprint density at radius 3 is 2.87 bits per heavy atom. The summed E-state index contributed by atoms with van der Waals surface area (Å²) in [6.07, 6.45) is 6.93. The number of hydrogen-bond donors (Lipinski definition) is 1. The Labute approximate surface area is 137 Å². The molecule has 2 aromatic rings. The zero-order valence-corrected chi connectivity index (χ0v) is 13.8. The molecule has 4 nitrogen and oxygen atoms in total. The number of carbonyl (C=O) groups excluding carboxylic acids is 1. The van der Waals surface area contributed by atoms with Gasteiger partial charge in [-0.15, -0.1) is 0 Å². The number of H-pyrrole nitrogens is 1. The van der Waals surface area contributed by atoms with Crippen LogP contribution in [0, 0.1) is 12.8 Å². The second-order valence-corrected chi connectivity index (χ2v) is 7.25. The third-order valence-corrected chi connectivity index (χ3v) is 5.50. The molecular formula is C19H25N3O. The molecule has 2 aliphatic rings. The molecule has 1 aliphatic heterocycles. The van der Waals surface area contributed by atoms with E-state index in [2.05, 4.69) is 35.0 Å². The topological polar surface area (TPSA) is 49.0 Å². The summed E-state index contributed by atoms with van der Waals surface area (Å²) in [5.74, 6) is 2.07. The van der Waals surface area contributed by atoms with Crippen molar-refractivity contribution in [3.63, 3.8) is 0 Å². The Balaban J connectivity index is 1.47. The first-order chi connectivity index (χ1) is 11.2. The van der Waals surface area contributed by atoms with Crippen LogP contribution in [0.1, 0.15) is 55.8 Å². The zero-order valence-electron chi connectivity index (χ0n) is 13.8. The molecule has 1 saturated heterocycles. The minimum Gasteiger partial charge on any atom is -0.342 e. The van der Waals surface area contributed by atoms with Crippen LogP contribution in [0.15, 0.2) is 18.2 Å². The third kappa shape index (κ3) is 2.87. The van der Waals surface area contributed by atoms with E-state index in [1.54, 1.807) is 0 Å². The van der Waals surface area contributed by atoms with Gasteiger partial charge in [-0.2, -0.15) is 0 Å². The molecule has 2 fully saturated rings. The number of aromatic nitrogens is 2. The molecule has 1 atom stereocenters. The van der Waals surface area contributed by atoms with E-state index in [0.717, 1.165) is 49.2 Å². The SMILES string of the molecule is Cc1ccc2nc(C3CCN(C(=O)C4CCCCC4)C3)[nH]c2c1. The Kier molecular flexibility index (Phi) is 3.83. The number of nitrogens with zero attached hydrogens (tertiary/aromatic N) is 2. The molecule has 0 bridgehead atoms. The van der Waals surface area contributed by atoms with E-state index in [1.165, 1.54) is 24.8 Å². The number of benzene rings is 1. The summed E-state index contributed by atoms with van der Waals surface area (Å²) in [6.45, 7) is 3.81. The fourth-order valence-corrected chi connectivity index (χ4v) is 4.13. The van der Waals surface area contributed by atoms with Gasteiger partial charge in [-0.1, -0.05) is 25.3 Å². The molecule has 4 rings (SSSR count). The second-order valence-electron chi connectivity index (χ2n) is 7.25. The molecule has 1 aromatic heterocycles. The van der Waals surface area contributed by atoms with Crippen LogP contribution < -0.4 is 0 Å². The quantitative estimate of drug-likeness (QED) is 0.918. The number of hydrogen-bond acceptors (Lipinski definition) is 2. The van der Waals surface area contributed by atoms with Gasteiger partial charge >= 0.3 is 0 Å². The van der Waals surface area contributed by atoms with Crippen LogP contribution in [0.2, 0.25) is 0 Å². The number of aromatic amines is 1. The summed E-state index contributed by atoms with van der Waals surface area (Å²) in [5.41, 5.74) is 3.38. The lowest BCUT2D eigenvalue weighted by atomic mass is 9.88. The van der Waals surface area contributed by atoms with Crippen LogP contribution in [0.4, 0.5) is 0 Å². The van der Waals surface area contributed by atoms with Crippen LogP contribution in [0.3, 0.4) is 0 Å². The van der Waals surface area contributed by atoms with Crippen molar-refractivity contribution >= 4 is 16.9 Å². The van der Waals surface area contributed by atoms with Crippen molar-refractivity contribution in [2.75, 3.05) is 13.1 Å². The molecule has 0 spiro atoms. The Bertz CT molecular complexity index is 714. The molecule has 4 heteroatoms. The summed E-state index contributed by atoms with van der Waals surface area (Å²) >= 11 is 0. The minimum absolute atomic E-state index is 0.279. The van der Waals surface area contributed by atoms with Crippen LogP contribution in [0.25, 0.3) is 11.0 Å². The number of fused-ring (bicyclic) bond motifs is 1. The molecule has 1 saturated carbocycles. The van der Waals surface area contributed by atoms with E-state index in [9.17, 15) is 4.79 Å². The van der Waals surface area contributed by atoms with Gasteiger partial charge in [0.05, 0.1) is 11.0 Å². The molecule has 1 aromatic carbocycles. The summed E-state index contributed by atoms with van der Waals surface area (Å²) in [7, 11) is 0. The normalized spacial score (nSPS) is 22.8. The van der Waals surface area contributed by atoms with Crippen LogP contribution in [0.5, 0.6) is 0 Å². The van der Waals surface area contributed by atoms with Crippen molar-refractivity contribution in [3.8, 4) is 0 Å². The Morgan fingerprint density at radius 2 is 2.04 bits per heavy atom. The predicted octanol–water partition coefficient (Wildman–Crippen LogP) is 3.77. The highest BCUT2D eigenvalue weighted by Gasteiger charge is 2.33. The predicted molar refractivity (Wildman–Crippen MR) is 91.3 cm³/mol. The van der Waals surface area contributed by atoms with Crippen LogP contribution in [-0.2, 0) is 4.79 Å². The average molecular weight is 311 g/mol. The van der Waals surface area contributed by atoms with Crippen LogP contribution in [-0.4, -0.2) is 33.9 Å². The molecule has 1 amide bonds. The first kappa shape index (κ1) is 14.7. The number of carbonyl (C=O) groups is 1.